The summed E-state index contributed by atoms with van der Waals surface area (Å²) in [6.07, 6.45) is -0.400. The molecule has 0 spiro atoms. The van der Waals surface area contributed by atoms with Gasteiger partial charge in [0.15, 0.2) is 17.5 Å². The van der Waals surface area contributed by atoms with Crippen molar-refractivity contribution in [3.8, 4) is 12.1 Å². The highest BCUT2D eigenvalue weighted by molar-refractivity contribution is 5.47. The largest absolute Gasteiger partial charge is 0.203 e. The molecule has 0 fully saturated rings. The van der Waals surface area contributed by atoms with Crippen LogP contribution >= 0.6 is 0 Å². The first-order valence-corrected chi connectivity index (χ1v) is 4.53. The molecule has 0 amide bonds. The summed E-state index contributed by atoms with van der Waals surface area (Å²) in [7, 11) is 0. The van der Waals surface area contributed by atoms with Gasteiger partial charge in [0.25, 0.3) is 0 Å². The van der Waals surface area contributed by atoms with Gasteiger partial charge < -0.3 is 0 Å². The quantitative estimate of drug-likeness (QED) is 0.725. The Labute approximate surface area is 90.5 Å². The molecule has 0 unspecified atom stereocenters. The van der Waals surface area contributed by atoms with Crippen molar-refractivity contribution >= 4 is 0 Å². The summed E-state index contributed by atoms with van der Waals surface area (Å²) < 4.78 is 39.7. The molecule has 1 aromatic carbocycles. The number of nitriles is 2. The maximum atomic E-state index is 13.3. The van der Waals surface area contributed by atoms with Crippen LogP contribution in [0.2, 0.25) is 0 Å². The number of benzene rings is 1. The lowest BCUT2D eigenvalue weighted by molar-refractivity contribution is 0.436. The number of rotatable bonds is 2. The lowest BCUT2D eigenvalue weighted by atomic mass is 9.97. The van der Waals surface area contributed by atoms with Crippen LogP contribution in [-0.2, 0) is 12.8 Å². The van der Waals surface area contributed by atoms with Crippen molar-refractivity contribution < 1.29 is 13.2 Å². The third-order valence-electron chi connectivity index (χ3n) is 2.24. The number of halogens is 3. The predicted molar refractivity (Wildman–Crippen MR) is 49.7 cm³/mol. The van der Waals surface area contributed by atoms with Crippen LogP contribution in [0.3, 0.4) is 0 Å². The maximum Gasteiger partial charge on any atom is 0.195 e. The first kappa shape index (κ1) is 12.1. The van der Waals surface area contributed by atoms with Gasteiger partial charge in [-0.25, -0.2) is 13.2 Å². The highest BCUT2D eigenvalue weighted by atomic mass is 19.2. The van der Waals surface area contributed by atoms with E-state index in [0.29, 0.717) is 0 Å². The molecular formula is C11H7F3N2. The summed E-state index contributed by atoms with van der Waals surface area (Å²) >= 11 is 0. The highest BCUT2D eigenvalue weighted by Gasteiger charge is 2.23. The molecule has 0 N–H and O–H groups in total. The molecule has 0 aliphatic carbocycles. The topological polar surface area (TPSA) is 47.6 Å². The van der Waals surface area contributed by atoms with Crippen molar-refractivity contribution in [3.63, 3.8) is 0 Å². The number of hydrogen-bond donors (Lipinski definition) is 0. The minimum atomic E-state index is -1.62. The molecule has 0 bridgehead atoms. The van der Waals surface area contributed by atoms with Crippen molar-refractivity contribution in [2.45, 2.75) is 19.8 Å². The van der Waals surface area contributed by atoms with Gasteiger partial charge in [-0.15, -0.1) is 0 Å². The molecule has 1 rings (SSSR count). The Hall–Kier alpha value is -2.01. The first-order valence-electron chi connectivity index (χ1n) is 4.53. The summed E-state index contributed by atoms with van der Waals surface area (Å²) in [4.78, 5) is 0. The normalized spacial score (nSPS) is 9.62. The summed E-state index contributed by atoms with van der Waals surface area (Å²) in [5, 5.41) is 17.2. The fourth-order valence-corrected chi connectivity index (χ4v) is 1.47. The molecular weight excluding hydrogens is 217 g/mol. The van der Waals surface area contributed by atoms with Crippen molar-refractivity contribution in [2.24, 2.45) is 0 Å². The van der Waals surface area contributed by atoms with Crippen molar-refractivity contribution in [2.75, 3.05) is 0 Å². The van der Waals surface area contributed by atoms with E-state index in [1.807, 2.05) is 0 Å². The Morgan fingerprint density at radius 2 is 1.56 bits per heavy atom. The predicted octanol–water partition coefficient (Wildman–Crippen LogP) is 2.60. The summed E-state index contributed by atoms with van der Waals surface area (Å²) in [6.45, 7) is 1.52. The SMILES string of the molecule is CCc1c(F)c(F)c(F)c(CC#N)c1C#N. The lowest BCUT2D eigenvalue weighted by Crippen LogP contribution is -2.07. The molecule has 0 heterocycles. The molecule has 0 saturated heterocycles. The summed E-state index contributed by atoms with van der Waals surface area (Å²) in [5.74, 6) is -4.42. The van der Waals surface area contributed by atoms with E-state index in [1.54, 1.807) is 12.1 Å². The van der Waals surface area contributed by atoms with Gasteiger partial charge in [-0.05, 0) is 6.42 Å². The molecule has 2 nitrogen and oxygen atoms in total. The van der Waals surface area contributed by atoms with E-state index in [9.17, 15) is 13.2 Å². The van der Waals surface area contributed by atoms with Gasteiger partial charge in [0.05, 0.1) is 24.1 Å². The van der Waals surface area contributed by atoms with Gasteiger partial charge in [0, 0.05) is 11.1 Å². The second-order valence-corrected chi connectivity index (χ2v) is 3.07. The molecule has 0 aliphatic rings. The minimum Gasteiger partial charge on any atom is -0.203 e. The average Bonchev–Trinajstić information content (AvgIpc) is 2.29. The Kier molecular flexibility index (Phi) is 3.52. The molecule has 0 aromatic heterocycles. The van der Waals surface area contributed by atoms with E-state index < -0.39 is 23.9 Å². The average molecular weight is 224 g/mol. The van der Waals surface area contributed by atoms with Crippen LogP contribution < -0.4 is 0 Å². The van der Waals surface area contributed by atoms with Gasteiger partial charge >= 0.3 is 0 Å². The zero-order chi connectivity index (χ0) is 12.3. The van der Waals surface area contributed by atoms with Crippen LogP contribution in [0.25, 0.3) is 0 Å². The Bertz CT molecular complexity index is 510. The highest BCUT2D eigenvalue weighted by Crippen LogP contribution is 2.25. The molecule has 82 valence electrons. The Morgan fingerprint density at radius 3 is 2.00 bits per heavy atom. The Balaban J connectivity index is 3.68. The van der Waals surface area contributed by atoms with Crippen LogP contribution in [0.15, 0.2) is 0 Å². The van der Waals surface area contributed by atoms with E-state index in [1.165, 1.54) is 6.92 Å². The monoisotopic (exact) mass is 224 g/mol. The van der Waals surface area contributed by atoms with Crippen LogP contribution in [0, 0.1) is 40.1 Å². The molecule has 1 aromatic rings. The van der Waals surface area contributed by atoms with Gasteiger partial charge in [-0.3, -0.25) is 0 Å². The number of hydrogen-bond acceptors (Lipinski definition) is 2. The third kappa shape index (κ3) is 1.72. The molecule has 0 radical (unpaired) electrons. The zero-order valence-electron chi connectivity index (χ0n) is 8.44. The van der Waals surface area contributed by atoms with E-state index in [4.69, 9.17) is 10.5 Å². The third-order valence-corrected chi connectivity index (χ3v) is 2.24. The van der Waals surface area contributed by atoms with Crippen LogP contribution in [0.1, 0.15) is 23.6 Å². The zero-order valence-corrected chi connectivity index (χ0v) is 8.44. The molecule has 0 saturated carbocycles. The van der Waals surface area contributed by atoms with E-state index in [0.717, 1.165) is 0 Å². The summed E-state index contributed by atoms with van der Waals surface area (Å²) in [6, 6.07) is 3.23. The smallest absolute Gasteiger partial charge is 0.195 e. The lowest BCUT2D eigenvalue weighted by Gasteiger charge is -2.09. The fourth-order valence-electron chi connectivity index (χ4n) is 1.47. The van der Waals surface area contributed by atoms with Crippen molar-refractivity contribution in [1.29, 1.82) is 10.5 Å². The Morgan fingerprint density at radius 1 is 1.00 bits per heavy atom. The van der Waals surface area contributed by atoms with Gasteiger partial charge in [-0.2, -0.15) is 10.5 Å². The number of nitrogens with zero attached hydrogens (tertiary/aromatic N) is 2. The van der Waals surface area contributed by atoms with Gasteiger partial charge in [0.1, 0.15) is 0 Å². The molecule has 16 heavy (non-hydrogen) atoms. The summed E-state index contributed by atoms with van der Waals surface area (Å²) in [5.41, 5.74) is -0.840. The second kappa shape index (κ2) is 4.67. The molecule has 0 aliphatic heterocycles. The van der Waals surface area contributed by atoms with Crippen molar-refractivity contribution in [1.82, 2.24) is 0 Å². The molecule has 5 heteroatoms. The second-order valence-electron chi connectivity index (χ2n) is 3.07. The van der Waals surface area contributed by atoms with Gasteiger partial charge in [0.2, 0.25) is 0 Å². The standard InChI is InChI=1S/C11H7F3N2/c1-2-6-8(5-16)7(3-4-15)10(13)11(14)9(6)12/h2-3H2,1H3. The van der Waals surface area contributed by atoms with E-state index in [-0.39, 0.29) is 23.1 Å². The minimum absolute atomic E-state index is 0.0599. The maximum absolute atomic E-state index is 13.3. The fraction of sp³-hybridized carbons (Fsp3) is 0.273. The molecule has 0 atom stereocenters. The van der Waals surface area contributed by atoms with E-state index in [2.05, 4.69) is 0 Å². The van der Waals surface area contributed by atoms with Crippen molar-refractivity contribution in [3.05, 3.63) is 34.1 Å². The van der Waals surface area contributed by atoms with Gasteiger partial charge in [-0.1, -0.05) is 6.92 Å². The van der Waals surface area contributed by atoms with E-state index >= 15 is 0 Å². The van der Waals surface area contributed by atoms with Crippen LogP contribution in [0.5, 0.6) is 0 Å². The van der Waals surface area contributed by atoms with Crippen LogP contribution in [0.4, 0.5) is 13.2 Å². The first-order chi connectivity index (χ1) is 7.58. The van der Waals surface area contributed by atoms with Crippen LogP contribution in [-0.4, -0.2) is 0 Å².